The number of hydrogen-bond donors (Lipinski definition) is 9. The van der Waals surface area contributed by atoms with Gasteiger partial charge in [-0.05, 0) is 104 Å². The van der Waals surface area contributed by atoms with Crippen LogP contribution < -0.4 is 5.32 Å². The van der Waals surface area contributed by atoms with Crippen LogP contribution in [-0.2, 0) is 38.0 Å². The second-order valence-corrected chi connectivity index (χ2v) is 22.2. The molecule has 1 amide bonds. The van der Waals surface area contributed by atoms with Gasteiger partial charge >= 0.3 is 5.97 Å². The molecule has 3 saturated heterocycles. The Morgan fingerprint density at radius 3 is 2.11 bits per heavy atom. The lowest BCUT2D eigenvalue weighted by Gasteiger charge is -2.62. The van der Waals surface area contributed by atoms with Gasteiger partial charge in [-0.3, -0.25) is 9.59 Å². The number of carbonyl (C=O) groups is 2. The van der Waals surface area contributed by atoms with Crippen LogP contribution in [0, 0.1) is 45.3 Å². The number of carboxylic acids is 1. The van der Waals surface area contributed by atoms with Gasteiger partial charge in [-0.25, -0.2) is 0 Å². The molecule has 66 heavy (non-hydrogen) atoms. The maximum Gasteiger partial charge on any atom is 0.314 e. The fourth-order valence-electron chi connectivity index (χ4n) is 14.0. The molecule has 17 nitrogen and oxygen atoms in total. The zero-order chi connectivity index (χ0) is 48.4. The Hall–Kier alpha value is -2.10. The molecule has 0 unspecified atom stereocenters. The van der Waals surface area contributed by atoms with Gasteiger partial charge in [0, 0.05) is 6.92 Å². The fourth-order valence-corrected chi connectivity index (χ4v) is 14.0. The first-order valence-electron chi connectivity index (χ1n) is 24.4. The summed E-state index contributed by atoms with van der Waals surface area (Å²) in [6.45, 7) is 19.6. The van der Waals surface area contributed by atoms with E-state index in [1.165, 1.54) is 18.1 Å². The van der Waals surface area contributed by atoms with Crippen LogP contribution in [0.3, 0.4) is 0 Å². The lowest BCUT2D eigenvalue weighted by molar-refractivity contribution is -0.376. The van der Waals surface area contributed by atoms with Crippen molar-refractivity contribution in [3.05, 3.63) is 23.3 Å². The van der Waals surface area contributed by atoms with Gasteiger partial charge in [-0.15, -0.1) is 0 Å². The minimum atomic E-state index is -1.73. The molecule has 0 aromatic rings. The standard InChI is InChI=1S/C49H79NO16/c1-23(2)24(3)10-11-25(4)27-15-19-49(45(59)60)29-12-13-33-46(6,7)34(16-17-47(33,8)28(29)14-18-48(27,49)9)64-44-41(66-42-35(50-26(5)52)38(57)37(56)32(20-51)63-42)40(31(54)22-62-44)65-43-39(58)36(55)30(53)21-61-43/h23,25,27,30-44,51,53-58H,3,10-22H2,1-2,4-9H3,(H,50,52)(H,59,60)/t25-,27-,30+,31+,32-,33+,34-,35-,36+,37-,38-,39-,40+,41-,42+,43+,44+,47-,48-,49+/m1/s1. The number of carboxylic acid groups (broad SMARTS) is 1. The van der Waals surface area contributed by atoms with E-state index in [-0.39, 0.29) is 35.9 Å². The molecule has 0 aromatic heterocycles. The Morgan fingerprint density at radius 2 is 1.45 bits per heavy atom. The molecule has 20 atom stereocenters. The van der Waals surface area contributed by atoms with Crippen LogP contribution in [0.4, 0.5) is 0 Å². The second-order valence-electron chi connectivity index (χ2n) is 22.2. The predicted molar refractivity (Wildman–Crippen MR) is 237 cm³/mol. The highest BCUT2D eigenvalue weighted by Gasteiger charge is 2.68. The SMILES string of the molecule is C=C(CC[C@@H](C)[C@H]1CC[C@@]2(C(=O)O)C3=C(CC[C@]12C)[C@@]1(C)CC[C@@H](O[C@@H]2OC[C@H](O)[C@H](O[C@@H]4OC[C@H](O)[C@H](O)[C@H]4O)[C@H]2O[C@@H]2O[C@H](CO)[C@@H](O)[C@H](O)[C@H]2NC(C)=O)C(C)(C)[C@@H]1CC3)C(C)C. The summed E-state index contributed by atoms with van der Waals surface area (Å²) in [6, 6.07) is -1.37. The Balaban J connectivity index is 1.17. The summed E-state index contributed by atoms with van der Waals surface area (Å²) in [5.41, 5.74) is 1.50. The third kappa shape index (κ3) is 8.87. The van der Waals surface area contributed by atoms with E-state index in [2.05, 4.69) is 60.4 Å². The molecule has 17 heteroatoms. The van der Waals surface area contributed by atoms with Crippen LogP contribution in [-0.4, -0.2) is 159 Å². The number of aliphatic hydroxyl groups is 7. The zero-order valence-electron chi connectivity index (χ0n) is 40.1. The Bertz CT molecular complexity index is 1810. The highest BCUT2D eigenvalue weighted by Crippen LogP contribution is 2.73. The summed E-state index contributed by atoms with van der Waals surface area (Å²) in [6.07, 6.45) is -10.8. The maximum atomic E-state index is 13.9. The van der Waals surface area contributed by atoms with Crippen LogP contribution in [0.15, 0.2) is 23.3 Å². The maximum absolute atomic E-state index is 13.9. The van der Waals surface area contributed by atoms with Crippen molar-refractivity contribution in [3.8, 4) is 0 Å². The summed E-state index contributed by atoms with van der Waals surface area (Å²) in [5.74, 6) is -0.159. The van der Waals surface area contributed by atoms with Crippen LogP contribution in [0.1, 0.15) is 120 Å². The van der Waals surface area contributed by atoms with Crippen molar-refractivity contribution in [2.24, 2.45) is 45.3 Å². The molecule has 3 heterocycles. The van der Waals surface area contributed by atoms with E-state index in [1.54, 1.807) is 0 Å². The number of aliphatic carboxylic acids is 1. The summed E-state index contributed by atoms with van der Waals surface area (Å²) < 4.78 is 37.3. The number of carbonyl (C=O) groups excluding carboxylic acids is 1. The molecule has 7 aliphatic rings. The van der Waals surface area contributed by atoms with E-state index in [0.29, 0.717) is 37.5 Å². The van der Waals surface area contributed by atoms with Crippen LogP contribution in [0.5, 0.6) is 0 Å². The smallest absolute Gasteiger partial charge is 0.314 e. The first kappa shape index (κ1) is 51.7. The molecule has 4 aliphatic carbocycles. The number of aliphatic hydroxyl groups excluding tert-OH is 7. The summed E-state index contributed by atoms with van der Waals surface area (Å²) >= 11 is 0. The highest BCUT2D eigenvalue weighted by atomic mass is 16.8. The predicted octanol–water partition coefficient (Wildman–Crippen LogP) is 2.68. The molecule has 2 saturated carbocycles. The lowest BCUT2D eigenvalue weighted by Crippen LogP contribution is -2.68. The molecule has 0 radical (unpaired) electrons. The normalized spacial score (nSPS) is 46.2. The topological polar surface area (TPSA) is 263 Å². The third-order valence-corrected chi connectivity index (χ3v) is 18.0. The molecule has 9 N–H and O–H groups in total. The van der Waals surface area contributed by atoms with Crippen molar-refractivity contribution in [3.63, 3.8) is 0 Å². The minimum Gasteiger partial charge on any atom is -0.481 e. The van der Waals surface area contributed by atoms with E-state index < -0.39 is 115 Å². The molecule has 7 rings (SSSR count). The number of hydrogen-bond acceptors (Lipinski definition) is 15. The first-order valence-corrected chi connectivity index (χ1v) is 24.4. The van der Waals surface area contributed by atoms with E-state index in [1.807, 2.05) is 0 Å². The van der Waals surface area contributed by atoms with Crippen molar-refractivity contribution in [1.29, 1.82) is 0 Å². The molecule has 376 valence electrons. The number of ether oxygens (including phenoxy) is 6. The molecule has 5 fully saturated rings. The average molecular weight is 938 g/mol. The van der Waals surface area contributed by atoms with Gasteiger partial charge in [0.15, 0.2) is 18.9 Å². The van der Waals surface area contributed by atoms with Crippen LogP contribution in [0.25, 0.3) is 0 Å². The van der Waals surface area contributed by atoms with Gasteiger partial charge in [0.25, 0.3) is 0 Å². The van der Waals surface area contributed by atoms with Crippen molar-refractivity contribution in [2.75, 3.05) is 19.8 Å². The lowest BCUT2D eigenvalue weighted by atomic mass is 9.43. The van der Waals surface area contributed by atoms with Crippen LogP contribution >= 0.6 is 0 Å². The average Bonchev–Trinajstić information content (AvgIpc) is 3.59. The van der Waals surface area contributed by atoms with E-state index in [4.69, 9.17) is 28.4 Å². The van der Waals surface area contributed by atoms with E-state index >= 15 is 0 Å². The number of allylic oxidation sites excluding steroid dienone is 2. The number of nitrogens with one attached hydrogen (secondary N) is 1. The van der Waals surface area contributed by atoms with Crippen LogP contribution in [0.2, 0.25) is 0 Å². The minimum absolute atomic E-state index is 0.0722. The van der Waals surface area contributed by atoms with Crippen molar-refractivity contribution in [2.45, 2.75) is 206 Å². The Morgan fingerprint density at radius 1 is 0.788 bits per heavy atom. The largest absolute Gasteiger partial charge is 0.481 e. The molecule has 0 bridgehead atoms. The summed E-state index contributed by atoms with van der Waals surface area (Å²) in [7, 11) is 0. The molecule has 0 spiro atoms. The number of amides is 1. The molecular formula is C49H79NO16. The van der Waals surface area contributed by atoms with E-state index in [0.717, 1.165) is 44.1 Å². The first-order chi connectivity index (χ1) is 30.9. The summed E-state index contributed by atoms with van der Waals surface area (Å²) in [4.78, 5) is 26.3. The molecule has 3 aliphatic heterocycles. The molecular weight excluding hydrogens is 859 g/mol. The third-order valence-electron chi connectivity index (χ3n) is 18.0. The van der Waals surface area contributed by atoms with Gasteiger partial charge in [0.2, 0.25) is 5.91 Å². The van der Waals surface area contributed by atoms with Gasteiger partial charge in [-0.1, -0.05) is 71.8 Å². The number of rotatable bonds is 14. The zero-order valence-corrected chi connectivity index (χ0v) is 40.1. The van der Waals surface area contributed by atoms with Gasteiger partial charge in [-0.2, -0.15) is 0 Å². The van der Waals surface area contributed by atoms with Gasteiger partial charge in [0.1, 0.15) is 61.0 Å². The second kappa shape index (κ2) is 19.6. The fraction of sp³-hybridized carbons (Fsp3) is 0.878. The highest BCUT2D eigenvalue weighted by molar-refractivity contribution is 5.82. The summed E-state index contributed by atoms with van der Waals surface area (Å²) in [5, 5.41) is 88.9. The van der Waals surface area contributed by atoms with Crippen molar-refractivity contribution >= 4 is 11.9 Å². The van der Waals surface area contributed by atoms with Crippen molar-refractivity contribution in [1.82, 2.24) is 5.32 Å². The number of fused-ring (bicyclic) bond motifs is 4. The Labute approximate surface area is 389 Å². The monoisotopic (exact) mass is 938 g/mol. The van der Waals surface area contributed by atoms with E-state index in [9.17, 15) is 50.4 Å². The van der Waals surface area contributed by atoms with Gasteiger partial charge < -0.3 is 74.6 Å². The quantitative estimate of drug-likeness (QED) is 0.113. The molecule has 0 aromatic carbocycles. The Kier molecular flexibility index (Phi) is 15.4. The van der Waals surface area contributed by atoms with Gasteiger partial charge in [0.05, 0.1) is 31.3 Å². The van der Waals surface area contributed by atoms with Crippen molar-refractivity contribution < 1.29 is 78.9 Å².